The zero-order chi connectivity index (χ0) is 27.1. The van der Waals surface area contributed by atoms with Crippen LogP contribution in [-0.2, 0) is 6.18 Å². The zero-order valence-electron chi connectivity index (χ0n) is 22.1. The lowest BCUT2D eigenvalue weighted by atomic mass is 10.0. The van der Waals surface area contributed by atoms with Gasteiger partial charge in [0.2, 0.25) is 11.7 Å². The van der Waals surface area contributed by atoms with Gasteiger partial charge in [0.15, 0.2) is 12.0 Å². The fourth-order valence-electron chi connectivity index (χ4n) is 4.35. The van der Waals surface area contributed by atoms with Crippen LogP contribution in [0.4, 0.5) is 13.2 Å². The smallest absolute Gasteiger partial charge is 0.450 e. The number of carbonyl (C=O) groups excluding carboxylic acids is 1. The molecule has 0 saturated carbocycles. The largest absolute Gasteiger partial charge is 0.494 e. The van der Waals surface area contributed by atoms with Crippen LogP contribution in [0.2, 0.25) is 0 Å². The first kappa shape index (κ1) is 30.5. The number of hydrogen-bond donors (Lipinski definition) is 1. The Kier molecular flexibility index (Phi) is 13.4. The summed E-state index contributed by atoms with van der Waals surface area (Å²) < 4.78 is 51.8. The monoisotopic (exact) mass is 526 g/mol. The van der Waals surface area contributed by atoms with Crippen LogP contribution >= 0.6 is 0 Å². The molecule has 1 aromatic carbocycles. The van der Waals surface area contributed by atoms with Crippen molar-refractivity contribution in [3.63, 3.8) is 0 Å². The first-order valence-corrected chi connectivity index (χ1v) is 13.5. The molecule has 0 spiro atoms. The predicted molar refractivity (Wildman–Crippen MR) is 138 cm³/mol. The zero-order valence-corrected chi connectivity index (χ0v) is 22.1. The summed E-state index contributed by atoms with van der Waals surface area (Å²) >= 11 is 0. The number of rotatable bonds is 19. The van der Waals surface area contributed by atoms with Crippen LogP contribution in [0.25, 0.3) is 5.69 Å². The van der Waals surface area contributed by atoms with Gasteiger partial charge in [0.05, 0.1) is 19.4 Å². The average Bonchev–Trinajstić information content (AvgIpc) is 3.22. The third-order valence-electron chi connectivity index (χ3n) is 6.40. The molecule has 0 amide bonds. The second kappa shape index (κ2) is 16.2. The van der Waals surface area contributed by atoms with E-state index < -0.39 is 23.6 Å². The molecule has 0 aliphatic rings. The lowest BCUT2D eigenvalue weighted by Crippen LogP contribution is -2.14. The van der Waals surface area contributed by atoms with Gasteiger partial charge in [0.25, 0.3) is 0 Å². The van der Waals surface area contributed by atoms with E-state index in [2.05, 4.69) is 11.9 Å². The molecule has 0 bridgehead atoms. The highest BCUT2D eigenvalue weighted by Crippen LogP contribution is 2.38. The van der Waals surface area contributed by atoms with Crippen molar-refractivity contribution in [2.45, 2.75) is 103 Å². The molecule has 208 valence electrons. The Morgan fingerprint density at radius 2 is 1.46 bits per heavy atom. The van der Waals surface area contributed by atoms with Crippen LogP contribution < -0.4 is 9.47 Å². The minimum absolute atomic E-state index is 0.0501. The van der Waals surface area contributed by atoms with Crippen LogP contribution in [0.3, 0.4) is 0 Å². The Balaban J connectivity index is 1.73. The maximum Gasteiger partial charge on any atom is 0.450 e. The van der Waals surface area contributed by atoms with Crippen LogP contribution in [0.15, 0.2) is 18.2 Å². The summed E-state index contributed by atoms with van der Waals surface area (Å²) in [6.45, 7) is 2.73. The first-order chi connectivity index (χ1) is 17.8. The number of aldehydes is 1. The van der Waals surface area contributed by atoms with Crippen molar-refractivity contribution in [3.05, 3.63) is 29.7 Å². The number of hydrogen-bond acceptors (Lipinski definition) is 5. The third-order valence-corrected chi connectivity index (χ3v) is 6.40. The number of ether oxygens (including phenoxy) is 2. The molecule has 2 rings (SSSR count). The Bertz CT molecular complexity index is 944. The van der Waals surface area contributed by atoms with Crippen molar-refractivity contribution in [2.24, 2.45) is 0 Å². The fraction of sp³-hybridized carbons (Fsp3) is 0.643. The molecule has 1 N–H and O–H groups in total. The van der Waals surface area contributed by atoms with E-state index in [-0.39, 0.29) is 17.7 Å². The normalized spacial score (nSPS) is 11.6. The van der Waals surface area contributed by atoms with Crippen molar-refractivity contribution in [3.8, 4) is 23.1 Å². The molecule has 0 radical (unpaired) electrons. The van der Waals surface area contributed by atoms with E-state index in [1.165, 1.54) is 95.9 Å². The number of imidazole rings is 1. The highest BCUT2D eigenvalue weighted by Gasteiger charge is 2.40. The van der Waals surface area contributed by atoms with Crippen LogP contribution in [0.1, 0.15) is 113 Å². The lowest BCUT2D eigenvalue weighted by molar-refractivity contribution is -0.146. The van der Waals surface area contributed by atoms with Gasteiger partial charge < -0.3 is 14.6 Å². The van der Waals surface area contributed by atoms with E-state index in [9.17, 15) is 23.1 Å². The molecule has 2 aromatic rings. The van der Waals surface area contributed by atoms with Gasteiger partial charge in [-0.1, -0.05) is 90.4 Å². The second-order valence-electron chi connectivity index (χ2n) is 9.37. The first-order valence-electron chi connectivity index (χ1n) is 13.5. The molecule has 9 heteroatoms. The molecule has 0 atom stereocenters. The van der Waals surface area contributed by atoms with Gasteiger partial charge in [-0.05, 0) is 18.6 Å². The maximum absolute atomic E-state index is 13.4. The summed E-state index contributed by atoms with van der Waals surface area (Å²) in [6.07, 6.45) is 12.9. The predicted octanol–water partition coefficient (Wildman–Crippen LogP) is 8.28. The average molecular weight is 527 g/mol. The van der Waals surface area contributed by atoms with E-state index in [0.717, 1.165) is 19.3 Å². The van der Waals surface area contributed by atoms with E-state index >= 15 is 0 Å². The van der Waals surface area contributed by atoms with E-state index in [0.29, 0.717) is 16.9 Å². The molecule has 0 saturated heterocycles. The van der Waals surface area contributed by atoms with Crippen LogP contribution in [0.5, 0.6) is 17.4 Å². The van der Waals surface area contributed by atoms with Gasteiger partial charge >= 0.3 is 6.18 Å². The van der Waals surface area contributed by atoms with Crippen molar-refractivity contribution >= 4 is 6.29 Å². The molecule has 0 fully saturated rings. The number of aromatic hydroxyl groups is 1. The SMILES string of the molecule is CCCCCCCCCCCCCCCCOc1ccc(-n2c(C(F)(F)F)nc(C=O)c2O)c(OC)c1. The Labute approximate surface area is 218 Å². The molecule has 1 aromatic heterocycles. The summed E-state index contributed by atoms with van der Waals surface area (Å²) in [4.78, 5) is 14.3. The lowest BCUT2D eigenvalue weighted by Gasteiger charge is -2.16. The highest BCUT2D eigenvalue weighted by atomic mass is 19.4. The number of carbonyl (C=O) groups is 1. The summed E-state index contributed by atoms with van der Waals surface area (Å²) in [5, 5.41) is 10.2. The number of unbranched alkanes of at least 4 members (excludes halogenated alkanes) is 13. The molecular weight excluding hydrogens is 485 g/mol. The van der Waals surface area contributed by atoms with Crippen molar-refractivity contribution < 1.29 is 32.5 Å². The van der Waals surface area contributed by atoms with Gasteiger partial charge in [0.1, 0.15) is 11.5 Å². The van der Waals surface area contributed by atoms with Crippen molar-refractivity contribution in [2.75, 3.05) is 13.7 Å². The molecule has 6 nitrogen and oxygen atoms in total. The third kappa shape index (κ3) is 9.93. The van der Waals surface area contributed by atoms with Crippen molar-refractivity contribution in [1.82, 2.24) is 9.55 Å². The number of nitrogens with zero attached hydrogens (tertiary/aromatic N) is 2. The molecule has 0 aliphatic carbocycles. The second-order valence-corrected chi connectivity index (χ2v) is 9.37. The van der Waals surface area contributed by atoms with Gasteiger partial charge in [-0.25, -0.2) is 4.98 Å². The minimum Gasteiger partial charge on any atom is -0.494 e. The molecular formula is C28H41F3N2O4. The molecule has 0 unspecified atom stereocenters. The highest BCUT2D eigenvalue weighted by molar-refractivity contribution is 5.76. The van der Waals surface area contributed by atoms with E-state index in [1.54, 1.807) is 0 Å². The quantitative estimate of drug-likeness (QED) is 0.147. The molecule has 0 aliphatic heterocycles. The number of benzene rings is 1. The molecule has 37 heavy (non-hydrogen) atoms. The standard InChI is InChI=1S/C28H41F3N2O4/c1-3-4-5-6-7-8-9-10-11-12-13-14-15-16-19-37-22-17-18-24(25(20-22)36-2)33-26(35)23(21-34)32-27(33)28(29,30)31/h17-18,20-21,35H,3-16,19H2,1-2H3. The van der Waals surface area contributed by atoms with E-state index in [4.69, 9.17) is 9.47 Å². The van der Waals surface area contributed by atoms with Crippen LogP contribution in [-0.4, -0.2) is 34.7 Å². The minimum atomic E-state index is -4.88. The van der Waals surface area contributed by atoms with Crippen LogP contribution in [0, 0.1) is 0 Å². The van der Waals surface area contributed by atoms with Gasteiger partial charge in [0, 0.05) is 6.07 Å². The van der Waals surface area contributed by atoms with Gasteiger partial charge in [-0.3, -0.25) is 9.36 Å². The number of alkyl halides is 3. The van der Waals surface area contributed by atoms with Gasteiger partial charge in [-0.15, -0.1) is 0 Å². The summed E-state index contributed by atoms with van der Waals surface area (Å²) in [6, 6.07) is 4.30. The number of halogens is 3. The maximum atomic E-state index is 13.4. The van der Waals surface area contributed by atoms with Gasteiger partial charge in [-0.2, -0.15) is 13.2 Å². The Morgan fingerprint density at radius 3 is 1.95 bits per heavy atom. The van der Waals surface area contributed by atoms with E-state index in [1.807, 2.05) is 0 Å². The summed E-state index contributed by atoms with van der Waals surface area (Å²) in [7, 11) is 1.30. The van der Waals surface area contributed by atoms with Crippen molar-refractivity contribution in [1.29, 1.82) is 0 Å². The number of aromatic nitrogens is 2. The summed E-state index contributed by atoms with van der Waals surface area (Å²) in [5.41, 5.74) is -0.802. The summed E-state index contributed by atoms with van der Waals surface area (Å²) in [5.74, 6) is -1.83. The molecule has 1 heterocycles. The topological polar surface area (TPSA) is 73.6 Å². The Morgan fingerprint density at radius 1 is 0.919 bits per heavy atom. The Hall–Kier alpha value is -2.71. The number of methoxy groups -OCH3 is 1. The fourth-order valence-corrected chi connectivity index (χ4v) is 4.35.